The van der Waals surface area contributed by atoms with Crippen LogP contribution in [0.4, 0.5) is 24.5 Å². The van der Waals surface area contributed by atoms with E-state index in [1.165, 1.54) is 22.5 Å². The minimum atomic E-state index is -4.04. The molecule has 1 fully saturated rings. The lowest BCUT2D eigenvalue weighted by Gasteiger charge is -2.48. The van der Waals surface area contributed by atoms with E-state index in [9.17, 15) is 30.0 Å². The number of piperidine rings is 1. The smallest absolute Gasteiger partial charge is 0.387 e. The van der Waals surface area contributed by atoms with Gasteiger partial charge in [-0.2, -0.15) is 8.78 Å². The first-order valence-corrected chi connectivity index (χ1v) is 16.9. The van der Waals surface area contributed by atoms with Crippen molar-refractivity contribution in [1.29, 1.82) is 0 Å². The lowest BCUT2D eigenvalue weighted by molar-refractivity contribution is -0.0499. The highest BCUT2D eigenvalue weighted by molar-refractivity contribution is 7.92. The van der Waals surface area contributed by atoms with Gasteiger partial charge in [0, 0.05) is 18.9 Å². The van der Waals surface area contributed by atoms with E-state index >= 15 is 0 Å². The van der Waals surface area contributed by atoms with Gasteiger partial charge in [0.05, 0.1) is 47.3 Å². The summed E-state index contributed by atoms with van der Waals surface area (Å²) in [6, 6.07) is 14.7. The second kappa shape index (κ2) is 11.8. The Hall–Kier alpha value is -3.29. The minimum absolute atomic E-state index is 0.0619. The maximum absolute atomic E-state index is 14.4. The minimum Gasteiger partial charge on any atom is -0.435 e. The van der Waals surface area contributed by atoms with Crippen molar-refractivity contribution in [3.05, 3.63) is 72.0 Å². The first-order valence-electron chi connectivity index (χ1n) is 13.4. The van der Waals surface area contributed by atoms with Crippen molar-refractivity contribution >= 4 is 31.2 Å². The summed E-state index contributed by atoms with van der Waals surface area (Å²) in [4.78, 5) is 2.22. The van der Waals surface area contributed by atoms with Gasteiger partial charge in [-0.25, -0.2) is 21.2 Å². The van der Waals surface area contributed by atoms with E-state index in [-0.39, 0.29) is 47.3 Å². The topological polar surface area (TPSA) is 93.2 Å². The Labute approximate surface area is 243 Å². The largest absolute Gasteiger partial charge is 0.435 e. The van der Waals surface area contributed by atoms with Gasteiger partial charge in [0.2, 0.25) is 0 Å². The molecule has 2 atom stereocenters. The number of fused-ring (bicyclic) bond motifs is 3. The zero-order chi connectivity index (χ0) is 30.2. The fraction of sp³-hybridized carbons (Fsp3) is 0.379. The SMILES string of the molecule is Cc1cccc(S(=O)(=O)N2C[C@@H]3CC(OCCS(C)(=O)=O)CCN3c3ccc(-c4cc(F)cc(OC(F)F)c4)cc32)c1. The molecule has 0 spiro atoms. The van der Waals surface area contributed by atoms with Crippen LogP contribution in [0.2, 0.25) is 0 Å². The molecular formula is C29H31F3N2O6S2. The summed E-state index contributed by atoms with van der Waals surface area (Å²) >= 11 is 0. The summed E-state index contributed by atoms with van der Waals surface area (Å²) < 4.78 is 103. The van der Waals surface area contributed by atoms with Crippen LogP contribution in [0, 0.1) is 12.7 Å². The van der Waals surface area contributed by atoms with E-state index in [2.05, 4.69) is 9.64 Å². The molecule has 2 aliphatic rings. The van der Waals surface area contributed by atoms with Crippen LogP contribution in [0.5, 0.6) is 5.75 Å². The van der Waals surface area contributed by atoms with Crippen LogP contribution < -0.4 is 13.9 Å². The van der Waals surface area contributed by atoms with Crippen LogP contribution in [-0.2, 0) is 24.6 Å². The standard InChI is InChI=1S/C29H31F3N2O6S2/c1-19-4-3-5-26(12-19)42(37,38)34-18-23-17-24(39-10-11-41(2,35)36)8-9-33(23)27-7-6-20(15-28(27)34)21-13-22(30)16-25(14-21)40-29(31)32/h3-7,12-16,23-24,29H,8-11,17-18H2,1-2H3/t23-,24?/m0/s1. The van der Waals surface area contributed by atoms with E-state index < -0.39 is 32.3 Å². The van der Waals surface area contributed by atoms with Gasteiger partial charge in [-0.05, 0) is 72.9 Å². The summed E-state index contributed by atoms with van der Waals surface area (Å²) in [5.74, 6) is -1.22. The van der Waals surface area contributed by atoms with Gasteiger partial charge in [0.15, 0.2) is 0 Å². The van der Waals surface area contributed by atoms with Gasteiger partial charge < -0.3 is 14.4 Å². The number of hydrogen-bond donors (Lipinski definition) is 0. The predicted octanol–water partition coefficient (Wildman–Crippen LogP) is 5.01. The highest BCUT2D eigenvalue weighted by Crippen LogP contribution is 2.44. The monoisotopic (exact) mass is 624 g/mol. The van der Waals surface area contributed by atoms with Crippen LogP contribution in [0.3, 0.4) is 0 Å². The normalized spacial score (nSPS) is 19.0. The molecule has 13 heteroatoms. The van der Waals surface area contributed by atoms with Gasteiger partial charge >= 0.3 is 6.61 Å². The Kier molecular flexibility index (Phi) is 8.46. The molecule has 0 N–H and O–H groups in total. The van der Waals surface area contributed by atoms with E-state index in [4.69, 9.17) is 4.74 Å². The molecule has 3 aromatic carbocycles. The van der Waals surface area contributed by atoms with Crippen molar-refractivity contribution in [2.75, 3.05) is 40.9 Å². The van der Waals surface area contributed by atoms with Crippen molar-refractivity contribution in [2.24, 2.45) is 0 Å². The Morgan fingerprint density at radius 3 is 2.48 bits per heavy atom. The second-order valence-electron chi connectivity index (χ2n) is 10.6. The van der Waals surface area contributed by atoms with Crippen LogP contribution in [0.1, 0.15) is 18.4 Å². The van der Waals surface area contributed by atoms with Gasteiger partial charge in [0.1, 0.15) is 21.4 Å². The summed E-state index contributed by atoms with van der Waals surface area (Å²) in [5.41, 5.74) is 2.48. The maximum atomic E-state index is 14.4. The number of nitrogens with zero attached hydrogens (tertiary/aromatic N) is 2. The highest BCUT2D eigenvalue weighted by Gasteiger charge is 2.40. The third-order valence-corrected chi connectivity index (χ3v) is 10.1. The molecule has 2 heterocycles. The van der Waals surface area contributed by atoms with Crippen molar-refractivity contribution < 1.29 is 39.5 Å². The average Bonchev–Trinajstić information content (AvgIpc) is 2.90. The molecule has 0 radical (unpaired) electrons. The number of sulfonamides is 1. The van der Waals surface area contributed by atoms with E-state index in [0.29, 0.717) is 36.3 Å². The van der Waals surface area contributed by atoms with Gasteiger partial charge in [-0.3, -0.25) is 4.31 Å². The molecule has 2 aliphatic heterocycles. The van der Waals surface area contributed by atoms with Crippen LogP contribution in [0.25, 0.3) is 11.1 Å². The molecule has 0 amide bonds. The lowest BCUT2D eigenvalue weighted by atomic mass is 9.94. The lowest BCUT2D eigenvalue weighted by Crippen LogP contribution is -2.55. The fourth-order valence-electron chi connectivity index (χ4n) is 5.49. The molecule has 8 nitrogen and oxygen atoms in total. The molecule has 0 aromatic heterocycles. The second-order valence-corrected chi connectivity index (χ2v) is 14.7. The summed E-state index contributed by atoms with van der Waals surface area (Å²) in [7, 11) is -7.23. The molecule has 3 aromatic rings. The summed E-state index contributed by atoms with van der Waals surface area (Å²) in [5, 5.41) is 0. The number of hydrogen-bond acceptors (Lipinski definition) is 7. The zero-order valence-corrected chi connectivity index (χ0v) is 24.7. The molecule has 42 heavy (non-hydrogen) atoms. The van der Waals surface area contributed by atoms with Gasteiger partial charge in [-0.1, -0.05) is 18.2 Å². The maximum Gasteiger partial charge on any atom is 0.387 e. The fourth-order valence-corrected chi connectivity index (χ4v) is 7.50. The molecule has 1 saturated heterocycles. The van der Waals surface area contributed by atoms with Crippen molar-refractivity contribution in [1.82, 2.24) is 0 Å². The number of benzene rings is 3. The van der Waals surface area contributed by atoms with Crippen LogP contribution in [0.15, 0.2) is 65.6 Å². The number of rotatable bonds is 9. The number of halogens is 3. The third-order valence-electron chi connectivity index (χ3n) is 7.41. The van der Waals surface area contributed by atoms with Crippen molar-refractivity contribution in [3.8, 4) is 16.9 Å². The molecule has 0 saturated carbocycles. The number of sulfone groups is 1. The zero-order valence-electron chi connectivity index (χ0n) is 23.0. The van der Waals surface area contributed by atoms with E-state index in [1.807, 2.05) is 0 Å². The molecule has 226 valence electrons. The molecule has 0 bridgehead atoms. The summed E-state index contributed by atoms with van der Waals surface area (Å²) in [6.07, 6.45) is 2.02. The van der Waals surface area contributed by atoms with Crippen LogP contribution >= 0.6 is 0 Å². The van der Waals surface area contributed by atoms with Crippen molar-refractivity contribution in [3.63, 3.8) is 0 Å². The van der Waals surface area contributed by atoms with E-state index in [0.717, 1.165) is 17.9 Å². The first-order chi connectivity index (χ1) is 19.8. The molecule has 5 rings (SSSR count). The Morgan fingerprint density at radius 1 is 0.976 bits per heavy atom. The third kappa shape index (κ3) is 6.68. The van der Waals surface area contributed by atoms with Gasteiger partial charge in [0.25, 0.3) is 10.0 Å². The Bertz CT molecular complexity index is 1680. The predicted molar refractivity (Wildman–Crippen MR) is 154 cm³/mol. The highest BCUT2D eigenvalue weighted by atomic mass is 32.2. The van der Waals surface area contributed by atoms with Crippen molar-refractivity contribution in [2.45, 2.75) is 43.4 Å². The Balaban J connectivity index is 1.54. The quantitative estimate of drug-likeness (QED) is 0.331. The van der Waals surface area contributed by atoms with Gasteiger partial charge in [-0.15, -0.1) is 0 Å². The number of alkyl halides is 2. The Morgan fingerprint density at radius 2 is 1.76 bits per heavy atom. The number of anilines is 2. The molecule has 0 aliphatic carbocycles. The number of aryl methyl sites for hydroxylation is 1. The average molecular weight is 625 g/mol. The number of ether oxygens (including phenoxy) is 2. The van der Waals surface area contributed by atoms with Crippen LogP contribution in [-0.4, -0.2) is 67.3 Å². The van der Waals surface area contributed by atoms with E-state index in [1.54, 1.807) is 43.3 Å². The summed E-state index contributed by atoms with van der Waals surface area (Å²) in [6.45, 7) is -0.626. The molecule has 1 unspecified atom stereocenters. The first kappa shape index (κ1) is 30.2. The molecular weight excluding hydrogens is 593 g/mol.